The minimum atomic E-state index is -0.143. The van der Waals surface area contributed by atoms with E-state index in [1.165, 1.54) is 11.3 Å². The van der Waals surface area contributed by atoms with Crippen molar-refractivity contribution < 1.29 is 14.3 Å². The molecule has 0 fully saturated rings. The number of amides is 1. The summed E-state index contributed by atoms with van der Waals surface area (Å²) in [7, 11) is 1.60. The van der Waals surface area contributed by atoms with Crippen molar-refractivity contribution in [3.05, 3.63) is 47.5 Å². The van der Waals surface area contributed by atoms with Gasteiger partial charge in [0.15, 0.2) is 11.7 Å². The molecule has 0 aliphatic rings. The number of methoxy groups -OCH3 is 1. The summed E-state index contributed by atoms with van der Waals surface area (Å²) in [5.74, 6) is 1.12. The second kappa shape index (κ2) is 10.6. The average molecular weight is 448 g/mol. The molecule has 0 unspecified atom stereocenters. The summed E-state index contributed by atoms with van der Waals surface area (Å²) in [4.78, 5) is 21.7. The molecule has 0 aliphatic heterocycles. The van der Waals surface area contributed by atoms with Crippen molar-refractivity contribution >= 4 is 44.2 Å². The number of fused-ring (bicyclic) bond motifs is 1. The number of benzene rings is 2. The summed E-state index contributed by atoms with van der Waals surface area (Å²) < 4.78 is 11.9. The number of halogens is 1. The lowest BCUT2D eigenvalue weighted by Crippen LogP contribution is -2.41. The molecule has 6 nitrogen and oxygen atoms in total. The molecule has 0 saturated carbocycles. The number of ether oxygens (including phenoxy) is 2. The van der Waals surface area contributed by atoms with Crippen LogP contribution in [0.5, 0.6) is 11.5 Å². The zero-order chi connectivity index (χ0) is 21.5. The minimum absolute atomic E-state index is 0.0813. The molecule has 3 rings (SSSR count). The van der Waals surface area contributed by atoms with Gasteiger partial charge in [-0.05, 0) is 43.4 Å². The summed E-state index contributed by atoms with van der Waals surface area (Å²) in [6.45, 7) is 7.29. The van der Waals surface area contributed by atoms with Crippen molar-refractivity contribution in [2.45, 2.75) is 13.8 Å². The SMILES string of the molecule is CCN(CC)CCN(C(=O)COc1cccc(OC)c1)c1nc2ccc(Cl)cc2s1. The first-order chi connectivity index (χ1) is 14.5. The van der Waals surface area contributed by atoms with Crippen molar-refractivity contribution in [1.82, 2.24) is 9.88 Å². The van der Waals surface area contributed by atoms with Gasteiger partial charge in [0.05, 0.1) is 17.3 Å². The fourth-order valence-corrected chi connectivity index (χ4v) is 4.31. The first kappa shape index (κ1) is 22.3. The third-order valence-electron chi connectivity index (χ3n) is 4.81. The van der Waals surface area contributed by atoms with E-state index in [2.05, 4.69) is 23.7 Å². The molecule has 0 spiro atoms. The van der Waals surface area contributed by atoms with E-state index >= 15 is 0 Å². The fraction of sp³-hybridized carbons (Fsp3) is 0.364. The number of carbonyl (C=O) groups is 1. The zero-order valence-corrected chi connectivity index (χ0v) is 19.0. The van der Waals surface area contributed by atoms with Crippen molar-refractivity contribution in [2.24, 2.45) is 0 Å². The lowest BCUT2D eigenvalue weighted by molar-refractivity contribution is -0.120. The smallest absolute Gasteiger partial charge is 0.266 e. The quantitative estimate of drug-likeness (QED) is 0.450. The third kappa shape index (κ3) is 5.62. The van der Waals surface area contributed by atoms with E-state index in [9.17, 15) is 4.79 Å². The lowest BCUT2D eigenvalue weighted by atomic mass is 10.3. The van der Waals surface area contributed by atoms with Crippen LogP contribution >= 0.6 is 22.9 Å². The molecule has 30 heavy (non-hydrogen) atoms. The Kier molecular flexibility index (Phi) is 7.90. The number of rotatable bonds is 10. The van der Waals surface area contributed by atoms with Gasteiger partial charge < -0.3 is 14.4 Å². The highest BCUT2D eigenvalue weighted by atomic mass is 35.5. The highest BCUT2D eigenvalue weighted by Crippen LogP contribution is 2.31. The monoisotopic (exact) mass is 447 g/mol. The molecule has 160 valence electrons. The average Bonchev–Trinajstić information content (AvgIpc) is 3.18. The zero-order valence-electron chi connectivity index (χ0n) is 17.4. The van der Waals surface area contributed by atoms with Crippen LogP contribution in [-0.2, 0) is 4.79 Å². The van der Waals surface area contributed by atoms with E-state index in [1.54, 1.807) is 30.2 Å². The number of hydrogen-bond donors (Lipinski definition) is 0. The van der Waals surface area contributed by atoms with Gasteiger partial charge in [-0.3, -0.25) is 9.69 Å². The fourth-order valence-electron chi connectivity index (χ4n) is 3.02. The molecule has 0 aliphatic carbocycles. The number of anilines is 1. The first-order valence-corrected chi connectivity index (χ1v) is 11.1. The van der Waals surface area contributed by atoms with Crippen LogP contribution in [0.1, 0.15) is 13.8 Å². The van der Waals surface area contributed by atoms with Gasteiger partial charge >= 0.3 is 0 Å². The minimum Gasteiger partial charge on any atom is -0.497 e. The molecule has 8 heteroatoms. The van der Waals surface area contributed by atoms with Crippen LogP contribution in [0, 0.1) is 0 Å². The number of carbonyl (C=O) groups excluding carboxylic acids is 1. The topological polar surface area (TPSA) is 54.9 Å². The Morgan fingerprint density at radius 3 is 2.60 bits per heavy atom. The maximum Gasteiger partial charge on any atom is 0.266 e. The number of hydrogen-bond acceptors (Lipinski definition) is 6. The number of thiazole rings is 1. The Labute approximate surface area is 186 Å². The molecular weight excluding hydrogens is 422 g/mol. The van der Waals surface area contributed by atoms with Crippen molar-refractivity contribution in [3.8, 4) is 11.5 Å². The van der Waals surface area contributed by atoms with E-state index in [0.29, 0.717) is 28.2 Å². The van der Waals surface area contributed by atoms with E-state index in [0.717, 1.165) is 29.9 Å². The Morgan fingerprint density at radius 1 is 1.10 bits per heavy atom. The van der Waals surface area contributed by atoms with Gasteiger partial charge in [-0.25, -0.2) is 4.98 Å². The Hall–Kier alpha value is -2.35. The molecule has 0 N–H and O–H groups in total. The van der Waals surface area contributed by atoms with Crippen LogP contribution in [0.15, 0.2) is 42.5 Å². The van der Waals surface area contributed by atoms with Gasteiger partial charge in [-0.15, -0.1) is 0 Å². The number of nitrogens with zero attached hydrogens (tertiary/aromatic N) is 3. The highest BCUT2D eigenvalue weighted by Gasteiger charge is 2.21. The van der Waals surface area contributed by atoms with E-state index in [-0.39, 0.29) is 12.5 Å². The predicted octanol–water partition coefficient (Wildman–Crippen LogP) is 4.71. The van der Waals surface area contributed by atoms with Crippen molar-refractivity contribution in [3.63, 3.8) is 0 Å². The molecule has 0 saturated heterocycles. The summed E-state index contributed by atoms with van der Waals surface area (Å²) >= 11 is 7.57. The molecule has 1 heterocycles. The highest BCUT2D eigenvalue weighted by molar-refractivity contribution is 7.22. The van der Waals surface area contributed by atoms with Crippen LogP contribution in [0.4, 0.5) is 5.13 Å². The van der Waals surface area contributed by atoms with Crippen molar-refractivity contribution in [1.29, 1.82) is 0 Å². The van der Waals surface area contributed by atoms with E-state index < -0.39 is 0 Å². The van der Waals surface area contributed by atoms with Gasteiger partial charge in [-0.1, -0.05) is 42.9 Å². The summed E-state index contributed by atoms with van der Waals surface area (Å²) in [6.07, 6.45) is 0. The largest absolute Gasteiger partial charge is 0.497 e. The van der Waals surface area contributed by atoms with Crippen LogP contribution in [0.3, 0.4) is 0 Å². The van der Waals surface area contributed by atoms with Gasteiger partial charge in [-0.2, -0.15) is 0 Å². The van der Waals surface area contributed by atoms with Crippen LogP contribution in [0.2, 0.25) is 5.02 Å². The standard InChI is InChI=1S/C22H26ClN3O3S/c1-4-25(5-2)11-12-26(22-24-19-10-9-16(23)13-20(19)30-22)21(27)15-29-18-8-6-7-17(14-18)28-3/h6-10,13-14H,4-5,11-12,15H2,1-3H3. The molecule has 2 aromatic carbocycles. The summed E-state index contributed by atoms with van der Waals surface area (Å²) in [6, 6.07) is 12.8. The normalized spacial score (nSPS) is 11.1. The lowest BCUT2D eigenvalue weighted by Gasteiger charge is -2.24. The van der Waals surface area contributed by atoms with Crippen LogP contribution in [0.25, 0.3) is 10.2 Å². The number of likely N-dealkylation sites (N-methyl/N-ethyl adjacent to an activating group) is 1. The molecule has 1 aromatic heterocycles. The second-order valence-electron chi connectivity index (χ2n) is 6.65. The second-order valence-corrected chi connectivity index (χ2v) is 8.09. The summed E-state index contributed by atoms with van der Waals surface area (Å²) in [5.41, 5.74) is 0.828. The number of aromatic nitrogens is 1. The molecule has 0 bridgehead atoms. The predicted molar refractivity (Wildman–Crippen MR) is 123 cm³/mol. The molecule has 0 atom stereocenters. The van der Waals surface area contributed by atoms with Gasteiger partial charge in [0.1, 0.15) is 11.5 Å². The Balaban J connectivity index is 1.79. The molecule has 3 aromatic rings. The molecular formula is C22H26ClN3O3S. The summed E-state index contributed by atoms with van der Waals surface area (Å²) in [5, 5.41) is 1.30. The third-order valence-corrected chi connectivity index (χ3v) is 6.09. The Morgan fingerprint density at radius 2 is 1.87 bits per heavy atom. The molecule has 1 amide bonds. The maximum atomic E-state index is 13.1. The van der Waals surface area contributed by atoms with Crippen LogP contribution < -0.4 is 14.4 Å². The van der Waals surface area contributed by atoms with Crippen LogP contribution in [-0.4, -0.2) is 55.7 Å². The maximum absolute atomic E-state index is 13.1. The Bertz CT molecular complexity index is 991. The van der Waals surface area contributed by atoms with Crippen molar-refractivity contribution in [2.75, 3.05) is 44.8 Å². The molecule has 0 radical (unpaired) electrons. The van der Waals surface area contributed by atoms with E-state index in [4.69, 9.17) is 21.1 Å². The van der Waals surface area contributed by atoms with E-state index in [1.807, 2.05) is 24.3 Å². The van der Waals surface area contributed by atoms with Gasteiger partial charge in [0.2, 0.25) is 0 Å². The first-order valence-electron chi connectivity index (χ1n) is 9.89. The van der Waals surface area contributed by atoms with Gasteiger partial charge in [0.25, 0.3) is 5.91 Å². The van der Waals surface area contributed by atoms with Gasteiger partial charge in [0, 0.05) is 24.2 Å².